The van der Waals surface area contributed by atoms with E-state index >= 15 is 0 Å². The van der Waals surface area contributed by atoms with Crippen LogP contribution in [0.25, 0.3) is 0 Å². The van der Waals surface area contributed by atoms with Gasteiger partial charge in [-0.3, -0.25) is 9.78 Å². The number of hydrogen-bond acceptors (Lipinski definition) is 3. The Morgan fingerprint density at radius 2 is 2.22 bits per heavy atom. The molecule has 1 unspecified atom stereocenters. The molecule has 0 bridgehead atoms. The average molecular weight is 250 g/mol. The van der Waals surface area contributed by atoms with Crippen LogP contribution in [0.5, 0.6) is 0 Å². The molecule has 0 aliphatic carbocycles. The molecule has 0 saturated carbocycles. The van der Waals surface area contributed by atoms with Crippen LogP contribution in [0, 0.1) is 5.92 Å². The Hall–Kier alpha value is -1.42. The number of hydrogen-bond donors (Lipinski definition) is 2. The van der Waals surface area contributed by atoms with E-state index in [4.69, 9.17) is 0 Å². The van der Waals surface area contributed by atoms with Crippen LogP contribution in [0.3, 0.4) is 0 Å². The first-order chi connectivity index (χ1) is 8.58. The van der Waals surface area contributed by atoms with Gasteiger partial charge in [0.05, 0.1) is 6.10 Å². The van der Waals surface area contributed by atoms with E-state index < -0.39 is 6.10 Å². The largest absolute Gasteiger partial charge is 0.391 e. The number of rotatable bonds is 7. The normalized spacial score (nSPS) is 12.4. The maximum absolute atomic E-state index is 11.6. The van der Waals surface area contributed by atoms with Crippen molar-refractivity contribution in [3.8, 4) is 0 Å². The maximum atomic E-state index is 11.6. The van der Waals surface area contributed by atoms with Crippen LogP contribution in [0.2, 0.25) is 0 Å². The number of nitrogens with one attached hydrogen (secondary N) is 1. The molecule has 1 amide bonds. The molecule has 0 aliphatic heterocycles. The van der Waals surface area contributed by atoms with Crippen molar-refractivity contribution in [3.05, 3.63) is 30.1 Å². The minimum atomic E-state index is -0.455. The smallest absolute Gasteiger partial charge is 0.220 e. The predicted molar refractivity (Wildman–Crippen MR) is 71.0 cm³/mol. The summed E-state index contributed by atoms with van der Waals surface area (Å²) >= 11 is 0. The zero-order valence-electron chi connectivity index (χ0n) is 11.1. The lowest BCUT2D eigenvalue weighted by Crippen LogP contribution is -2.32. The molecule has 0 aromatic carbocycles. The topological polar surface area (TPSA) is 62.2 Å². The van der Waals surface area contributed by atoms with E-state index in [1.54, 1.807) is 6.20 Å². The summed E-state index contributed by atoms with van der Waals surface area (Å²) in [6.45, 7) is 4.43. The molecule has 0 fully saturated rings. The Morgan fingerprint density at radius 1 is 1.44 bits per heavy atom. The number of aryl methyl sites for hydroxylation is 1. The second-order valence-corrected chi connectivity index (χ2v) is 4.91. The van der Waals surface area contributed by atoms with Gasteiger partial charge in [0.25, 0.3) is 0 Å². The summed E-state index contributed by atoms with van der Waals surface area (Å²) in [5, 5.41) is 12.4. The molecule has 1 heterocycles. The van der Waals surface area contributed by atoms with Crippen LogP contribution in [-0.4, -0.2) is 28.6 Å². The van der Waals surface area contributed by atoms with Crippen molar-refractivity contribution in [1.82, 2.24) is 10.3 Å². The van der Waals surface area contributed by atoms with E-state index in [0.29, 0.717) is 31.7 Å². The van der Waals surface area contributed by atoms with Crippen molar-refractivity contribution in [2.45, 2.75) is 39.2 Å². The molecule has 100 valence electrons. The van der Waals surface area contributed by atoms with Crippen molar-refractivity contribution < 1.29 is 9.90 Å². The summed E-state index contributed by atoms with van der Waals surface area (Å²) in [7, 11) is 0. The van der Waals surface area contributed by atoms with Gasteiger partial charge in [0.15, 0.2) is 0 Å². The fourth-order valence-corrected chi connectivity index (χ4v) is 1.74. The van der Waals surface area contributed by atoms with Gasteiger partial charge in [-0.25, -0.2) is 0 Å². The lowest BCUT2D eigenvalue weighted by Gasteiger charge is -2.13. The minimum absolute atomic E-state index is 0.0385. The number of amides is 1. The molecule has 0 saturated heterocycles. The third-order valence-electron chi connectivity index (χ3n) is 2.61. The number of aliphatic hydroxyl groups is 1. The molecule has 1 aromatic rings. The number of aliphatic hydroxyl groups excluding tert-OH is 1. The van der Waals surface area contributed by atoms with Crippen molar-refractivity contribution in [3.63, 3.8) is 0 Å². The second-order valence-electron chi connectivity index (χ2n) is 4.91. The fourth-order valence-electron chi connectivity index (χ4n) is 1.74. The van der Waals surface area contributed by atoms with Crippen LogP contribution in [0.15, 0.2) is 24.4 Å². The molecule has 1 rings (SSSR count). The first-order valence-corrected chi connectivity index (χ1v) is 6.42. The highest BCUT2D eigenvalue weighted by Gasteiger charge is 2.09. The molecule has 0 radical (unpaired) electrons. The molecule has 0 spiro atoms. The van der Waals surface area contributed by atoms with Gasteiger partial charge in [-0.15, -0.1) is 0 Å². The Bertz CT molecular complexity index is 352. The quantitative estimate of drug-likeness (QED) is 0.771. The number of aromatic nitrogens is 1. The third kappa shape index (κ3) is 6.35. The summed E-state index contributed by atoms with van der Waals surface area (Å²) in [5.41, 5.74) is 0.912. The summed E-state index contributed by atoms with van der Waals surface area (Å²) < 4.78 is 0. The minimum Gasteiger partial charge on any atom is -0.391 e. The SMILES string of the molecule is CC(C)CC(O)CNC(=O)CCc1ccccn1. The molecular weight excluding hydrogens is 228 g/mol. The maximum Gasteiger partial charge on any atom is 0.220 e. The van der Waals surface area contributed by atoms with Gasteiger partial charge in [-0.05, 0) is 30.9 Å². The number of carbonyl (C=O) groups is 1. The summed E-state index contributed by atoms with van der Waals surface area (Å²) in [5.74, 6) is 0.397. The van der Waals surface area contributed by atoms with E-state index in [1.807, 2.05) is 32.0 Å². The lowest BCUT2D eigenvalue weighted by molar-refractivity contribution is -0.121. The van der Waals surface area contributed by atoms with Gasteiger partial charge >= 0.3 is 0 Å². The van der Waals surface area contributed by atoms with Gasteiger partial charge in [0, 0.05) is 24.9 Å². The predicted octanol–water partition coefficient (Wildman–Crippen LogP) is 1.54. The van der Waals surface area contributed by atoms with Crippen LogP contribution in [0.1, 0.15) is 32.4 Å². The molecule has 18 heavy (non-hydrogen) atoms. The Labute approximate surface area is 108 Å². The number of nitrogens with zero attached hydrogens (tertiary/aromatic N) is 1. The zero-order chi connectivity index (χ0) is 13.4. The summed E-state index contributed by atoms with van der Waals surface area (Å²) in [6.07, 6.45) is 3.02. The first kappa shape index (κ1) is 14.6. The zero-order valence-corrected chi connectivity index (χ0v) is 11.1. The Kier molecular flexibility index (Phi) is 6.36. The first-order valence-electron chi connectivity index (χ1n) is 6.42. The van der Waals surface area contributed by atoms with E-state index in [1.165, 1.54) is 0 Å². The third-order valence-corrected chi connectivity index (χ3v) is 2.61. The molecule has 2 N–H and O–H groups in total. The molecule has 4 heteroatoms. The fraction of sp³-hybridized carbons (Fsp3) is 0.571. The highest BCUT2D eigenvalue weighted by Crippen LogP contribution is 2.03. The highest BCUT2D eigenvalue weighted by molar-refractivity contribution is 5.76. The molecule has 1 aromatic heterocycles. The molecule has 1 atom stereocenters. The number of carbonyl (C=O) groups excluding carboxylic acids is 1. The summed E-state index contributed by atoms with van der Waals surface area (Å²) in [4.78, 5) is 15.7. The average Bonchev–Trinajstić information content (AvgIpc) is 2.34. The van der Waals surface area contributed by atoms with Crippen molar-refractivity contribution in [1.29, 1.82) is 0 Å². The van der Waals surface area contributed by atoms with Crippen LogP contribution in [-0.2, 0) is 11.2 Å². The Morgan fingerprint density at radius 3 is 2.83 bits per heavy atom. The van der Waals surface area contributed by atoms with E-state index in [2.05, 4.69) is 10.3 Å². The standard InChI is InChI=1S/C14H22N2O2/c1-11(2)9-13(17)10-16-14(18)7-6-12-5-3-4-8-15-12/h3-5,8,11,13,17H,6-7,9-10H2,1-2H3,(H,16,18). The van der Waals surface area contributed by atoms with Crippen molar-refractivity contribution in [2.24, 2.45) is 5.92 Å². The van der Waals surface area contributed by atoms with Gasteiger partial charge in [0.1, 0.15) is 0 Å². The van der Waals surface area contributed by atoms with E-state index in [-0.39, 0.29) is 5.91 Å². The van der Waals surface area contributed by atoms with E-state index in [0.717, 1.165) is 5.69 Å². The van der Waals surface area contributed by atoms with Gasteiger partial charge < -0.3 is 10.4 Å². The van der Waals surface area contributed by atoms with Crippen LogP contribution in [0.4, 0.5) is 0 Å². The molecule has 4 nitrogen and oxygen atoms in total. The monoisotopic (exact) mass is 250 g/mol. The molecule has 0 aliphatic rings. The van der Waals surface area contributed by atoms with E-state index in [9.17, 15) is 9.90 Å². The van der Waals surface area contributed by atoms with Crippen LogP contribution < -0.4 is 5.32 Å². The number of pyridine rings is 1. The van der Waals surface area contributed by atoms with Gasteiger partial charge in [-0.2, -0.15) is 0 Å². The summed E-state index contributed by atoms with van der Waals surface area (Å²) in [6, 6.07) is 5.67. The molecular formula is C14H22N2O2. The lowest BCUT2D eigenvalue weighted by atomic mass is 10.1. The van der Waals surface area contributed by atoms with Gasteiger partial charge in [-0.1, -0.05) is 19.9 Å². The highest BCUT2D eigenvalue weighted by atomic mass is 16.3. The van der Waals surface area contributed by atoms with Crippen LogP contribution >= 0.6 is 0 Å². The van der Waals surface area contributed by atoms with Gasteiger partial charge in [0.2, 0.25) is 5.91 Å². The second kappa shape index (κ2) is 7.82. The Balaban J connectivity index is 2.18. The van der Waals surface area contributed by atoms with Crippen molar-refractivity contribution in [2.75, 3.05) is 6.54 Å². The van der Waals surface area contributed by atoms with Crippen molar-refractivity contribution >= 4 is 5.91 Å².